The third-order valence-corrected chi connectivity index (χ3v) is 3.63. The molecule has 1 aliphatic rings. The first-order valence-electron chi connectivity index (χ1n) is 6.46. The number of rotatable bonds is 5. The highest BCUT2D eigenvalue weighted by Gasteiger charge is 2.42. The van der Waals surface area contributed by atoms with Crippen LogP contribution >= 0.6 is 0 Å². The van der Waals surface area contributed by atoms with Crippen LogP contribution in [0.15, 0.2) is 0 Å². The summed E-state index contributed by atoms with van der Waals surface area (Å²) in [5, 5.41) is 0. The third-order valence-electron chi connectivity index (χ3n) is 3.63. The molecule has 1 saturated carbocycles. The molecule has 1 aliphatic carbocycles. The minimum atomic E-state index is -0.254. The zero-order valence-corrected chi connectivity index (χ0v) is 10.6. The molecule has 1 aromatic rings. The summed E-state index contributed by atoms with van der Waals surface area (Å²) in [6.07, 6.45) is 5.72. The summed E-state index contributed by atoms with van der Waals surface area (Å²) in [6.45, 7) is 6.46. The van der Waals surface area contributed by atoms with Crippen LogP contribution in [0.25, 0.3) is 0 Å². The maximum atomic E-state index is 6.38. The van der Waals surface area contributed by atoms with Gasteiger partial charge in [0.2, 0.25) is 0 Å². The number of imidazole rings is 1. The highest BCUT2D eigenvalue weighted by molar-refractivity contribution is 5.21. The summed E-state index contributed by atoms with van der Waals surface area (Å²) < 4.78 is 0. The van der Waals surface area contributed by atoms with Crippen LogP contribution in [0.3, 0.4) is 0 Å². The fourth-order valence-corrected chi connectivity index (χ4v) is 2.33. The van der Waals surface area contributed by atoms with Crippen molar-refractivity contribution in [3.8, 4) is 0 Å². The van der Waals surface area contributed by atoms with Gasteiger partial charge < -0.3 is 10.7 Å². The molecule has 1 atom stereocenters. The molecule has 2 rings (SSSR count). The lowest BCUT2D eigenvalue weighted by Gasteiger charge is -2.21. The molecular formula is C13H23N3. The van der Waals surface area contributed by atoms with Gasteiger partial charge in [0.05, 0.1) is 11.2 Å². The van der Waals surface area contributed by atoms with Crippen molar-refractivity contribution >= 4 is 0 Å². The highest BCUT2D eigenvalue weighted by atomic mass is 15.0. The molecule has 0 bridgehead atoms. The zero-order valence-electron chi connectivity index (χ0n) is 10.6. The third kappa shape index (κ3) is 2.01. The van der Waals surface area contributed by atoms with Crippen LogP contribution in [0.1, 0.15) is 57.2 Å². The Hall–Kier alpha value is -0.830. The first-order valence-corrected chi connectivity index (χ1v) is 6.46. The first kappa shape index (κ1) is 11.6. The molecule has 1 heterocycles. The summed E-state index contributed by atoms with van der Waals surface area (Å²) >= 11 is 0. The van der Waals surface area contributed by atoms with Crippen molar-refractivity contribution in [2.75, 3.05) is 0 Å². The maximum Gasteiger partial charge on any atom is 0.126 e. The van der Waals surface area contributed by atoms with Crippen LogP contribution in [0.4, 0.5) is 0 Å². The van der Waals surface area contributed by atoms with E-state index in [0.717, 1.165) is 25.1 Å². The topological polar surface area (TPSA) is 54.7 Å². The van der Waals surface area contributed by atoms with Gasteiger partial charge in [-0.15, -0.1) is 0 Å². The lowest BCUT2D eigenvalue weighted by atomic mass is 9.97. The average molecular weight is 221 g/mol. The van der Waals surface area contributed by atoms with Gasteiger partial charge in [0.25, 0.3) is 0 Å². The smallest absolute Gasteiger partial charge is 0.126 e. The van der Waals surface area contributed by atoms with Crippen LogP contribution in [-0.2, 0) is 18.4 Å². The van der Waals surface area contributed by atoms with Crippen molar-refractivity contribution in [3.63, 3.8) is 0 Å². The minimum absolute atomic E-state index is 0.254. The van der Waals surface area contributed by atoms with Gasteiger partial charge in [-0.2, -0.15) is 0 Å². The van der Waals surface area contributed by atoms with Gasteiger partial charge >= 0.3 is 0 Å². The van der Waals surface area contributed by atoms with Gasteiger partial charge in [-0.3, -0.25) is 0 Å². The fourth-order valence-electron chi connectivity index (χ4n) is 2.33. The number of aryl methyl sites for hydroxylation is 2. The number of aromatic nitrogens is 2. The number of aromatic amines is 1. The number of nitrogens with two attached hydrogens (primary N) is 1. The normalized spacial score (nSPS) is 19.8. The summed E-state index contributed by atoms with van der Waals surface area (Å²) in [5.41, 5.74) is 8.62. The van der Waals surface area contributed by atoms with Gasteiger partial charge in [0.15, 0.2) is 0 Å². The molecule has 0 radical (unpaired) electrons. The molecule has 1 fully saturated rings. The van der Waals surface area contributed by atoms with Crippen molar-refractivity contribution < 1.29 is 0 Å². The van der Waals surface area contributed by atoms with Crippen LogP contribution in [-0.4, -0.2) is 9.97 Å². The molecule has 0 aliphatic heterocycles. The molecule has 3 N–H and O–H groups in total. The molecular weight excluding hydrogens is 198 g/mol. The van der Waals surface area contributed by atoms with Crippen LogP contribution in [0.2, 0.25) is 0 Å². The van der Waals surface area contributed by atoms with Gasteiger partial charge in [-0.05, 0) is 38.5 Å². The first-order chi connectivity index (χ1) is 7.59. The Morgan fingerprint density at radius 2 is 2.12 bits per heavy atom. The van der Waals surface area contributed by atoms with E-state index in [1.54, 1.807) is 0 Å². The van der Waals surface area contributed by atoms with E-state index in [0.29, 0.717) is 5.92 Å². The van der Waals surface area contributed by atoms with Crippen molar-refractivity contribution in [1.29, 1.82) is 0 Å². The number of hydrogen-bond acceptors (Lipinski definition) is 2. The Labute approximate surface area is 97.8 Å². The molecule has 0 saturated heterocycles. The number of nitrogens with one attached hydrogen (secondary N) is 1. The van der Waals surface area contributed by atoms with Crippen molar-refractivity contribution in [2.24, 2.45) is 11.7 Å². The van der Waals surface area contributed by atoms with Crippen molar-refractivity contribution in [3.05, 3.63) is 17.2 Å². The van der Waals surface area contributed by atoms with Crippen molar-refractivity contribution in [1.82, 2.24) is 9.97 Å². The highest BCUT2D eigenvalue weighted by Crippen LogP contribution is 2.43. The van der Waals surface area contributed by atoms with Gasteiger partial charge in [0.1, 0.15) is 5.82 Å². The Bertz CT molecular complexity index is 361. The molecule has 0 amide bonds. The molecule has 3 nitrogen and oxygen atoms in total. The summed E-state index contributed by atoms with van der Waals surface area (Å²) in [4.78, 5) is 8.16. The second-order valence-electron chi connectivity index (χ2n) is 5.17. The number of hydrogen-bond donors (Lipinski definition) is 2. The van der Waals surface area contributed by atoms with E-state index < -0.39 is 0 Å². The van der Waals surface area contributed by atoms with E-state index in [1.165, 1.54) is 24.2 Å². The molecule has 0 aromatic carbocycles. The SMILES string of the molecule is CCCc1[nH]c(C(C)(N)C2CC2)nc1CC. The Balaban J connectivity index is 2.27. The molecule has 0 spiro atoms. The molecule has 3 heteroatoms. The Kier molecular flexibility index (Phi) is 3.06. The summed E-state index contributed by atoms with van der Waals surface area (Å²) in [6, 6.07) is 0. The fraction of sp³-hybridized carbons (Fsp3) is 0.769. The average Bonchev–Trinajstić information content (AvgIpc) is 3.02. The van der Waals surface area contributed by atoms with Gasteiger partial charge in [-0.1, -0.05) is 20.3 Å². The molecule has 90 valence electrons. The lowest BCUT2D eigenvalue weighted by molar-refractivity contribution is 0.403. The summed E-state index contributed by atoms with van der Waals surface area (Å²) in [7, 11) is 0. The minimum Gasteiger partial charge on any atom is -0.344 e. The van der Waals surface area contributed by atoms with Crippen LogP contribution < -0.4 is 5.73 Å². The van der Waals surface area contributed by atoms with E-state index in [2.05, 4.69) is 25.8 Å². The molecule has 1 unspecified atom stereocenters. The molecule has 1 aromatic heterocycles. The monoisotopic (exact) mass is 221 g/mol. The van der Waals surface area contributed by atoms with E-state index in [1.807, 2.05) is 0 Å². The van der Waals surface area contributed by atoms with E-state index in [9.17, 15) is 0 Å². The van der Waals surface area contributed by atoms with Gasteiger partial charge in [-0.25, -0.2) is 4.98 Å². The predicted octanol–water partition coefficient (Wildman–Crippen LogP) is 2.51. The number of H-pyrrole nitrogens is 1. The van der Waals surface area contributed by atoms with Crippen molar-refractivity contribution in [2.45, 2.75) is 58.4 Å². The lowest BCUT2D eigenvalue weighted by Crippen LogP contribution is -2.36. The van der Waals surface area contributed by atoms with E-state index >= 15 is 0 Å². The maximum absolute atomic E-state index is 6.38. The zero-order chi connectivity index (χ0) is 11.8. The predicted molar refractivity (Wildman–Crippen MR) is 66.2 cm³/mol. The van der Waals surface area contributed by atoms with E-state index in [4.69, 9.17) is 10.7 Å². The molecule has 16 heavy (non-hydrogen) atoms. The largest absolute Gasteiger partial charge is 0.344 e. The second kappa shape index (κ2) is 4.21. The van der Waals surface area contributed by atoms with Crippen LogP contribution in [0, 0.1) is 5.92 Å². The van der Waals surface area contributed by atoms with Crippen LogP contribution in [0.5, 0.6) is 0 Å². The standard InChI is InChI=1S/C13H23N3/c1-4-6-11-10(5-2)15-12(16-11)13(3,14)9-7-8-9/h9H,4-8,14H2,1-3H3,(H,15,16). The Morgan fingerprint density at radius 3 is 2.62 bits per heavy atom. The quantitative estimate of drug-likeness (QED) is 0.802. The summed E-state index contributed by atoms with van der Waals surface area (Å²) in [5.74, 6) is 1.62. The number of nitrogens with zero attached hydrogens (tertiary/aromatic N) is 1. The second-order valence-corrected chi connectivity index (χ2v) is 5.17. The van der Waals surface area contributed by atoms with Gasteiger partial charge in [0, 0.05) is 5.69 Å². The Morgan fingerprint density at radius 1 is 1.44 bits per heavy atom. The van der Waals surface area contributed by atoms with E-state index in [-0.39, 0.29) is 5.54 Å².